The summed E-state index contributed by atoms with van der Waals surface area (Å²) >= 11 is 0. The van der Waals surface area contributed by atoms with E-state index in [0.717, 1.165) is 34.6 Å². The van der Waals surface area contributed by atoms with Crippen molar-refractivity contribution < 1.29 is 8.42 Å². The van der Waals surface area contributed by atoms with Crippen LogP contribution in [0.4, 0.5) is 5.95 Å². The number of hydrogen-bond acceptors (Lipinski definition) is 8. The van der Waals surface area contributed by atoms with E-state index in [2.05, 4.69) is 64.5 Å². The van der Waals surface area contributed by atoms with Gasteiger partial charge < -0.3 is 14.8 Å². The molecule has 4 aromatic rings. The van der Waals surface area contributed by atoms with E-state index in [4.69, 9.17) is 4.98 Å². The number of benzene rings is 1. The first-order valence-corrected chi connectivity index (χ1v) is 14.4. The van der Waals surface area contributed by atoms with Crippen molar-refractivity contribution in [3.05, 3.63) is 66.0 Å². The molecule has 5 rings (SSSR count). The molecule has 12 heteroatoms. The minimum atomic E-state index is -3.59. The van der Waals surface area contributed by atoms with E-state index in [0.29, 0.717) is 31.9 Å². The first kappa shape index (κ1) is 27.0. The summed E-state index contributed by atoms with van der Waals surface area (Å²) in [7, 11) is 2.30. The predicted molar refractivity (Wildman–Crippen MR) is 150 cm³/mol. The summed E-state index contributed by atoms with van der Waals surface area (Å²) in [6.45, 7) is 5.80. The molecule has 1 saturated heterocycles. The topological polar surface area (TPSA) is 114 Å². The molecule has 0 aliphatic carbocycles. The van der Waals surface area contributed by atoms with Gasteiger partial charge in [0.15, 0.2) is 5.03 Å². The maximum Gasteiger partial charge on any atom is 0.262 e. The molecule has 1 aliphatic heterocycles. The first-order chi connectivity index (χ1) is 18.6. The van der Waals surface area contributed by atoms with Gasteiger partial charge in [-0.2, -0.15) is 9.40 Å². The van der Waals surface area contributed by atoms with E-state index < -0.39 is 10.0 Å². The Hall–Kier alpha value is -3.61. The molecule has 206 valence electrons. The maximum atomic E-state index is 12.9. The van der Waals surface area contributed by atoms with Crippen LogP contribution in [-0.4, -0.2) is 80.1 Å². The Morgan fingerprint density at radius 3 is 2.49 bits per heavy atom. The first-order valence-electron chi connectivity index (χ1n) is 13.0. The van der Waals surface area contributed by atoms with Crippen LogP contribution in [0.3, 0.4) is 0 Å². The van der Waals surface area contributed by atoms with Gasteiger partial charge >= 0.3 is 0 Å². The van der Waals surface area contributed by atoms with E-state index in [1.165, 1.54) is 22.4 Å². The average molecular weight is 550 g/mol. The number of hydrogen-bond donors (Lipinski definition) is 1. The highest BCUT2D eigenvalue weighted by Crippen LogP contribution is 2.26. The summed E-state index contributed by atoms with van der Waals surface area (Å²) in [6.07, 6.45) is 9.97. The van der Waals surface area contributed by atoms with Gasteiger partial charge in [-0.05, 0) is 63.5 Å². The lowest BCUT2D eigenvalue weighted by Gasteiger charge is -2.31. The SMILES string of the molecule is Cc1cc(CN(C)C)ccc1-n1cc(-c2nc(NC3CCN(S(=O)(=O)c4cn(C)cn4)CC3)ncc2C)cn1. The number of imidazole rings is 1. The van der Waals surface area contributed by atoms with Crippen LogP contribution in [0.15, 0.2) is 54.3 Å². The predicted octanol–water partition coefficient (Wildman–Crippen LogP) is 3.01. The van der Waals surface area contributed by atoms with Crippen LogP contribution in [0.25, 0.3) is 16.9 Å². The number of nitrogens with one attached hydrogen (secondary N) is 1. The molecule has 0 spiro atoms. The zero-order chi connectivity index (χ0) is 27.7. The van der Waals surface area contributed by atoms with E-state index >= 15 is 0 Å². The normalized spacial score (nSPS) is 15.2. The monoisotopic (exact) mass is 549 g/mol. The molecule has 0 saturated carbocycles. The number of sulfonamides is 1. The Labute approximate surface area is 229 Å². The molecule has 1 aromatic carbocycles. The van der Waals surface area contributed by atoms with Gasteiger partial charge in [0.05, 0.1) is 23.9 Å². The molecule has 0 amide bonds. The Morgan fingerprint density at radius 1 is 1.05 bits per heavy atom. The summed E-state index contributed by atoms with van der Waals surface area (Å²) in [5.41, 5.74) is 6.12. The summed E-state index contributed by atoms with van der Waals surface area (Å²) < 4.78 is 30.8. The van der Waals surface area contributed by atoms with Gasteiger partial charge in [0.2, 0.25) is 5.95 Å². The van der Waals surface area contributed by atoms with Gasteiger partial charge in [-0.15, -0.1) is 0 Å². The molecule has 1 aliphatic rings. The second-order valence-electron chi connectivity index (χ2n) is 10.5. The van der Waals surface area contributed by atoms with Gasteiger partial charge in [0.25, 0.3) is 10.0 Å². The molecule has 1 N–H and O–H groups in total. The van der Waals surface area contributed by atoms with Crippen molar-refractivity contribution in [2.75, 3.05) is 32.5 Å². The number of piperidine rings is 1. The lowest BCUT2D eigenvalue weighted by atomic mass is 10.1. The Morgan fingerprint density at radius 2 is 1.82 bits per heavy atom. The quantitative estimate of drug-likeness (QED) is 0.357. The standard InChI is InChI=1S/C27H35N9O2S/c1-19-12-21(15-33(3)4)6-7-24(19)36-16-22(14-30-36)26-20(2)13-28-27(32-26)31-23-8-10-35(11-9-23)39(37,38)25-17-34(5)18-29-25/h6-7,12-14,16-18,23H,8-11,15H2,1-5H3,(H,28,31,32). The zero-order valence-corrected chi connectivity index (χ0v) is 23.9. The van der Waals surface area contributed by atoms with Gasteiger partial charge in [-0.1, -0.05) is 12.1 Å². The van der Waals surface area contributed by atoms with E-state index in [1.807, 2.05) is 30.2 Å². The van der Waals surface area contributed by atoms with Gasteiger partial charge in [0.1, 0.15) is 0 Å². The summed E-state index contributed by atoms with van der Waals surface area (Å²) in [6, 6.07) is 6.50. The molecule has 1 fully saturated rings. The van der Waals surface area contributed by atoms with Crippen LogP contribution in [0, 0.1) is 13.8 Å². The van der Waals surface area contributed by atoms with Crippen molar-refractivity contribution in [1.29, 1.82) is 0 Å². The smallest absolute Gasteiger partial charge is 0.262 e. The van der Waals surface area contributed by atoms with Gasteiger partial charge in [0, 0.05) is 56.9 Å². The largest absolute Gasteiger partial charge is 0.351 e. The molecular formula is C27H35N9O2S. The van der Waals surface area contributed by atoms with Crippen molar-refractivity contribution in [3.63, 3.8) is 0 Å². The molecule has 11 nitrogen and oxygen atoms in total. The molecule has 39 heavy (non-hydrogen) atoms. The van der Waals surface area contributed by atoms with E-state index in [9.17, 15) is 8.42 Å². The Bertz CT molecular complexity index is 1570. The Balaban J connectivity index is 1.27. The average Bonchev–Trinajstić information content (AvgIpc) is 3.55. The number of anilines is 1. The van der Waals surface area contributed by atoms with E-state index in [1.54, 1.807) is 11.6 Å². The number of aromatic nitrogens is 6. The number of rotatable bonds is 8. The van der Waals surface area contributed by atoms with Gasteiger partial charge in [-0.3, -0.25) is 0 Å². The maximum absolute atomic E-state index is 12.9. The highest BCUT2D eigenvalue weighted by atomic mass is 32.2. The summed E-state index contributed by atoms with van der Waals surface area (Å²) in [4.78, 5) is 15.5. The fourth-order valence-electron chi connectivity index (χ4n) is 4.90. The minimum Gasteiger partial charge on any atom is -0.351 e. The molecular weight excluding hydrogens is 514 g/mol. The van der Waals surface area contributed by atoms with Crippen LogP contribution in [0.1, 0.15) is 29.5 Å². The van der Waals surface area contributed by atoms with Crippen molar-refractivity contribution >= 4 is 16.0 Å². The lowest BCUT2D eigenvalue weighted by molar-refractivity contribution is 0.328. The second kappa shape index (κ2) is 10.9. The van der Waals surface area contributed by atoms with Crippen LogP contribution >= 0.6 is 0 Å². The number of aryl methyl sites for hydroxylation is 3. The molecule has 0 unspecified atom stereocenters. The molecule has 4 heterocycles. The number of nitrogens with zero attached hydrogens (tertiary/aromatic N) is 8. The summed E-state index contributed by atoms with van der Waals surface area (Å²) in [5, 5.41) is 8.11. The van der Waals surface area contributed by atoms with Crippen molar-refractivity contribution in [3.8, 4) is 16.9 Å². The fourth-order valence-corrected chi connectivity index (χ4v) is 6.33. The van der Waals surface area contributed by atoms with Gasteiger partial charge in [-0.25, -0.2) is 28.1 Å². The minimum absolute atomic E-state index is 0.0711. The second-order valence-corrected chi connectivity index (χ2v) is 12.3. The molecule has 0 atom stereocenters. The summed E-state index contributed by atoms with van der Waals surface area (Å²) in [5.74, 6) is 0.526. The van der Waals surface area contributed by atoms with Crippen molar-refractivity contribution in [2.45, 2.75) is 44.3 Å². The zero-order valence-electron chi connectivity index (χ0n) is 23.0. The highest BCUT2D eigenvalue weighted by Gasteiger charge is 2.31. The van der Waals surface area contributed by atoms with Crippen LogP contribution in [-0.2, 0) is 23.6 Å². The third kappa shape index (κ3) is 5.87. The van der Waals surface area contributed by atoms with E-state index in [-0.39, 0.29) is 11.1 Å². The van der Waals surface area contributed by atoms with Crippen LogP contribution in [0.2, 0.25) is 0 Å². The molecule has 3 aromatic heterocycles. The lowest BCUT2D eigenvalue weighted by Crippen LogP contribution is -2.42. The Kier molecular flexibility index (Phi) is 7.52. The van der Waals surface area contributed by atoms with Crippen molar-refractivity contribution in [2.24, 2.45) is 7.05 Å². The molecule has 0 radical (unpaired) electrons. The highest BCUT2D eigenvalue weighted by molar-refractivity contribution is 7.89. The van der Waals surface area contributed by atoms with Crippen LogP contribution < -0.4 is 5.32 Å². The third-order valence-electron chi connectivity index (χ3n) is 6.91. The van der Waals surface area contributed by atoms with Crippen LogP contribution in [0.5, 0.6) is 0 Å². The van der Waals surface area contributed by atoms with Crippen molar-refractivity contribution in [1.82, 2.24) is 38.5 Å². The fraction of sp³-hybridized carbons (Fsp3) is 0.407. The molecule has 0 bridgehead atoms. The third-order valence-corrected chi connectivity index (χ3v) is 8.69.